The van der Waals surface area contributed by atoms with Crippen molar-refractivity contribution in [1.82, 2.24) is 14.9 Å². The van der Waals surface area contributed by atoms with E-state index in [9.17, 15) is 0 Å². The summed E-state index contributed by atoms with van der Waals surface area (Å²) in [7, 11) is 4.12. The summed E-state index contributed by atoms with van der Waals surface area (Å²) in [5, 5.41) is 3.23. The van der Waals surface area contributed by atoms with Crippen molar-refractivity contribution in [3.63, 3.8) is 0 Å². The minimum Gasteiger partial charge on any atom is -0.372 e. The molecule has 2 aliphatic rings. The van der Waals surface area contributed by atoms with Crippen molar-refractivity contribution in [2.75, 3.05) is 37.5 Å². The minimum absolute atomic E-state index is 0.337. The van der Waals surface area contributed by atoms with Crippen molar-refractivity contribution in [2.45, 2.75) is 37.6 Å². The number of hydrogen-bond donors (Lipinski definition) is 1. The zero-order valence-corrected chi connectivity index (χ0v) is 15.1. The molecule has 0 radical (unpaired) electrons. The molecule has 4 nitrogen and oxygen atoms in total. The molecular formula is C15H23BrN4S. The van der Waals surface area contributed by atoms with Crippen molar-refractivity contribution in [2.24, 2.45) is 0 Å². The molecule has 1 aromatic heterocycles. The Morgan fingerprint density at radius 2 is 2.05 bits per heavy atom. The third-order valence-electron chi connectivity index (χ3n) is 4.57. The van der Waals surface area contributed by atoms with Crippen molar-refractivity contribution in [1.29, 1.82) is 0 Å². The van der Waals surface area contributed by atoms with Gasteiger partial charge in [-0.15, -0.1) is 0 Å². The Labute approximate surface area is 139 Å². The second-order valence-corrected chi connectivity index (χ2v) is 7.88. The number of anilines is 1. The lowest BCUT2D eigenvalue weighted by Crippen LogP contribution is -2.34. The van der Waals surface area contributed by atoms with Crippen LogP contribution in [0, 0.1) is 0 Å². The average Bonchev–Trinajstić information content (AvgIpc) is 3.02. The van der Waals surface area contributed by atoms with Crippen molar-refractivity contribution in [3.05, 3.63) is 16.0 Å². The maximum atomic E-state index is 4.98. The monoisotopic (exact) mass is 370 g/mol. The van der Waals surface area contributed by atoms with Gasteiger partial charge in [-0.05, 0) is 35.8 Å². The molecular weight excluding hydrogens is 348 g/mol. The third kappa shape index (κ3) is 3.22. The highest BCUT2D eigenvalue weighted by molar-refractivity contribution is 9.10. The molecule has 1 aromatic rings. The van der Waals surface area contributed by atoms with Gasteiger partial charge in [0.2, 0.25) is 0 Å². The molecule has 21 heavy (non-hydrogen) atoms. The molecule has 1 atom stereocenters. The van der Waals surface area contributed by atoms with Crippen molar-refractivity contribution >= 4 is 33.5 Å². The van der Waals surface area contributed by atoms with Crippen LogP contribution in [0.2, 0.25) is 0 Å². The van der Waals surface area contributed by atoms with E-state index in [0.717, 1.165) is 28.4 Å². The molecule has 1 saturated heterocycles. The van der Waals surface area contributed by atoms with Crippen LogP contribution >= 0.6 is 27.7 Å². The summed E-state index contributed by atoms with van der Waals surface area (Å²) in [5.74, 6) is 4.81. The van der Waals surface area contributed by atoms with Crippen LogP contribution in [0.25, 0.3) is 0 Å². The van der Waals surface area contributed by atoms with Gasteiger partial charge < -0.3 is 5.32 Å². The van der Waals surface area contributed by atoms with E-state index in [1.54, 1.807) is 0 Å². The van der Waals surface area contributed by atoms with Gasteiger partial charge in [0.25, 0.3) is 0 Å². The van der Waals surface area contributed by atoms with Gasteiger partial charge >= 0.3 is 0 Å². The Bertz CT molecular complexity index is 505. The fourth-order valence-corrected chi connectivity index (χ4v) is 5.13. The third-order valence-corrected chi connectivity index (χ3v) is 6.37. The highest BCUT2D eigenvalue weighted by Gasteiger charge is 2.28. The van der Waals surface area contributed by atoms with Crippen LogP contribution in [0.1, 0.15) is 49.2 Å². The van der Waals surface area contributed by atoms with Crippen molar-refractivity contribution < 1.29 is 0 Å². The first-order valence-corrected chi connectivity index (χ1v) is 9.68. The largest absolute Gasteiger partial charge is 0.372 e. The smallest absolute Gasteiger partial charge is 0.149 e. The molecule has 0 bridgehead atoms. The summed E-state index contributed by atoms with van der Waals surface area (Å²) in [4.78, 5) is 12.1. The van der Waals surface area contributed by atoms with Crippen LogP contribution in [0.15, 0.2) is 4.47 Å². The van der Waals surface area contributed by atoms with E-state index in [1.807, 2.05) is 18.8 Å². The number of nitrogens with one attached hydrogen (secondary N) is 1. The van der Waals surface area contributed by atoms with Gasteiger partial charge in [-0.1, -0.05) is 12.8 Å². The van der Waals surface area contributed by atoms with Gasteiger partial charge in [-0.3, -0.25) is 4.90 Å². The number of rotatable bonds is 3. The summed E-state index contributed by atoms with van der Waals surface area (Å²) in [6.07, 6.45) is 5.16. The molecule has 3 rings (SSSR count). The van der Waals surface area contributed by atoms with Gasteiger partial charge in [-0.2, -0.15) is 11.8 Å². The van der Waals surface area contributed by atoms with Gasteiger partial charge in [-0.25, -0.2) is 9.97 Å². The van der Waals surface area contributed by atoms with Crippen LogP contribution in [0.4, 0.5) is 5.82 Å². The minimum atomic E-state index is 0.337. The Balaban J connectivity index is 1.98. The fraction of sp³-hybridized carbons (Fsp3) is 0.733. The predicted octanol–water partition coefficient (Wildman–Crippen LogP) is 3.66. The summed E-state index contributed by atoms with van der Waals surface area (Å²) < 4.78 is 1.06. The molecule has 0 spiro atoms. The van der Waals surface area contributed by atoms with Gasteiger partial charge in [0.05, 0.1) is 16.2 Å². The second kappa shape index (κ2) is 6.84. The van der Waals surface area contributed by atoms with E-state index in [2.05, 4.69) is 33.2 Å². The number of aromatic nitrogens is 2. The molecule has 1 unspecified atom stereocenters. The van der Waals surface area contributed by atoms with E-state index in [4.69, 9.17) is 9.97 Å². The summed E-state index contributed by atoms with van der Waals surface area (Å²) in [6, 6.07) is 0.337. The van der Waals surface area contributed by atoms with Crippen LogP contribution in [0.3, 0.4) is 0 Å². The molecule has 1 aliphatic carbocycles. The molecule has 0 amide bonds. The predicted molar refractivity (Wildman–Crippen MR) is 93.2 cm³/mol. The molecule has 6 heteroatoms. The number of thioether (sulfide) groups is 1. The van der Waals surface area contributed by atoms with Crippen molar-refractivity contribution in [3.8, 4) is 0 Å². The standard InChI is InChI=1S/C15H23BrN4S/c1-17-15-12(16)13(10-5-3-4-6-10)18-14(19-15)11-9-21-8-7-20(11)2/h10-11H,3-9H2,1-2H3,(H,17,18,19). The normalized spacial score (nSPS) is 24.4. The highest BCUT2D eigenvalue weighted by Crippen LogP contribution is 2.39. The Kier molecular flexibility index (Phi) is 5.07. The lowest BCUT2D eigenvalue weighted by atomic mass is 10.0. The van der Waals surface area contributed by atoms with Crippen LogP contribution in [-0.2, 0) is 0 Å². The first-order chi connectivity index (χ1) is 10.2. The highest BCUT2D eigenvalue weighted by atomic mass is 79.9. The molecule has 1 aliphatic heterocycles. The van der Waals surface area contributed by atoms with E-state index in [-0.39, 0.29) is 0 Å². The maximum absolute atomic E-state index is 4.98. The Morgan fingerprint density at radius 1 is 1.29 bits per heavy atom. The van der Waals surface area contributed by atoms with Crippen LogP contribution in [-0.4, -0.2) is 47.0 Å². The lowest BCUT2D eigenvalue weighted by Gasteiger charge is -2.31. The molecule has 116 valence electrons. The molecule has 2 heterocycles. The van der Waals surface area contributed by atoms with E-state index in [0.29, 0.717) is 12.0 Å². The summed E-state index contributed by atoms with van der Waals surface area (Å²) >= 11 is 5.72. The number of nitrogens with zero attached hydrogens (tertiary/aromatic N) is 3. The molecule has 1 N–H and O–H groups in total. The second-order valence-electron chi connectivity index (χ2n) is 5.93. The molecule has 0 aromatic carbocycles. The van der Waals surface area contributed by atoms with Gasteiger partial charge in [0, 0.05) is 31.0 Å². The van der Waals surface area contributed by atoms with Gasteiger partial charge in [0.15, 0.2) is 0 Å². The molecule has 2 fully saturated rings. The first-order valence-electron chi connectivity index (χ1n) is 7.73. The maximum Gasteiger partial charge on any atom is 0.149 e. The average molecular weight is 371 g/mol. The van der Waals surface area contributed by atoms with Crippen LogP contribution in [0.5, 0.6) is 0 Å². The van der Waals surface area contributed by atoms with E-state index >= 15 is 0 Å². The Hall–Kier alpha value is -0.330. The lowest BCUT2D eigenvalue weighted by molar-refractivity contribution is 0.264. The summed E-state index contributed by atoms with van der Waals surface area (Å²) in [5.41, 5.74) is 1.21. The summed E-state index contributed by atoms with van der Waals surface area (Å²) in [6.45, 7) is 1.11. The topological polar surface area (TPSA) is 41.1 Å². The first kappa shape index (κ1) is 15.6. The van der Waals surface area contributed by atoms with Gasteiger partial charge in [0.1, 0.15) is 11.6 Å². The Morgan fingerprint density at radius 3 is 2.71 bits per heavy atom. The SMILES string of the molecule is CNc1nc(C2CSCCN2C)nc(C2CCCC2)c1Br. The van der Waals surface area contributed by atoms with E-state index in [1.165, 1.54) is 37.1 Å². The zero-order valence-electron chi connectivity index (χ0n) is 12.7. The van der Waals surface area contributed by atoms with Crippen LogP contribution < -0.4 is 5.32 Å². The number of hydrogen-bond acceptors (Lipinski definition) is 5. The molecule has 1 saturated carbocycles. The number of halogens is 1. The van der Waals surface area contributed by atoms with E-state index < -0.39 is 0 Å². The quantitative estimate of drug-likeness (QED) is 0.878. The zero-order chi connectivity index (χ0) is 14.8. The fourth-order valence-electron chi connectivity index (χ4n) is 3.23.